The molecule has 2 aromatic carbocycles. The van der Waals surface area contributed by atoms with Gasteiger partial charge in [-0.25, -0.2) is 0 Å². The monoisotopic (exact) mass is 473 g/mol. The van der Waals surface area contributed by atoms with Gasteiger partial charge in [-0.15, -0.1) is 0 Å². The lowest BCUT2D eigenvalue weighted by Crippen LogP contribution is -2.37. The van der Waals surface area contributed by atoms with E-state index in [-0.39, 0.29) is 23.7 Å². The van der Waals surface area contributed by atoms with Crippen molar-refractivity contribution >= 4 is 17.8 Å². The molecular formula is C30H39N3O2. The molecule has 0 aliphatic carbocycles. The topological polar surface area (TPSA) is 89.4 Å². The third-order valence-corrected chi connectivity index (χ3v) is 6.23. The second-order valence-electron chi connectivity index (χ2n) is 8.92. The fourth-order valence-electron chi connectivity index (χ4n) is 3.90. The number of carbonyl (C=O) groups is 2. The fourth-order valence-corrected chi connectivity index (χ4v) is 3.90. The number of unbranched alkanes of at least 4 members (excludes halogenated alkanes) is 1. The number of ketones is 1. The lowest BCUT2D eigenvalue weighted by atomic mass is 9.93. The molecule has 2 atom stereocenters. The molecule has 0 aliphatic heterocycles. The highest BCUT2D eigenvalue weighted by atomic mass is 16.1. The van der Waals surface area contributed by atoms with E-state index in [4.69, 9.17) is 11.5 Å². The zero-order valence-corrected chi connectivity index (χ0v) is 21.3. The number of Topliss-reactive ketones (excluding diaryl/α,β-unsaturated/α-hetero) is 1. The molecule has 5 nitrogen and oxygen atoms in total. The van der Waals surface area contributed by atoms with Crippen LogP contribution in [0.15, 0.2) is 54.6 Å². The van der Waals surface area contributed by atoms with Gasteiger partial charge in [0.25, 0.3) is 0 Å². The summed E-state index contributed by atoms with van der Waals surface area (Å²) in [4.78, 5) is 26.2. The Morgan fingerprint density at radius 2 is 1.66 bits per heavy atom. The molecule has 0 unspecified atom stereocenters. The van der Waals surface area contributed by atoms with Gasteiger partial charge in [0.2, 0.25) is 5.91 Å². The normalized spacial score (nSPS) is 12.8. The first-order valence-corrected chi connectivity index (χ1v) is 12.5. The average molecular weight is 474 g/mol. The molecule has 186 valence electrons. The summed E-state index contributed by atoms with van der Waals surface area (Å²) in [6, 6.07) is 15.7. The largest absolute Gasteiger partial charge is 0.369 e. The molecule has 0 spiro atoms. The molecular weight excluding hydrogens is 434 g/mol. The van der Waals surface area contributed by atoms with Crippen molar-refractivity contribution in [2.75, 3.05) is 13.1 Å². The molecule has 4 N–H and O–H groups in total. The maximum absolute atomic E-state index is 12.4. The van der Waals surface area contributed by atoms with Gasteiger partial charge in [-0.05, 0) is 68.3 Å². The molecule has 0 saturated heterocycles. The van der Waals surface area contributed by atoms with Crippen molar-refractivity contribution < 1.29 is 9.59 Å². The molecule has 0 heterocycles. The predicted molar refractivity (Wildman–Crippen MR) is 145 cm³/mol. The Kier molecular flexibility index (Phi) is 12.0. The third-order valence-electron chi connectivity index (χ3n) is 6.23. The van der Waals surface area contributed by atoms with Gasteiger partial charge < -0.3 is 11.5 Å². The van der Waals surface area contributed by atoms with Crippen molar-refractivity contribution in [3.63, 3.8) is 0 Å². The molecule has 0 saturated carbocycles. The van der Waals surface area contributed by atoms with E-state index in [1.807, 2.05) is 36.4 Å². The number of hydrogen-bond donors (Lipinski definition) is 2. The zero-order valence-electron chi connectivity index (χ0n) is 21.3. The van der Waals surface area contributed by atoms with Crippen LogP contribution in [0, 0.1) is 17.8 Å². The van der Waals surface area contributed by atoms with Crippen molar-refractivity contribution in [3.8, 4) is 11.8 Å². The minimum atomic E-state index is -0.372. The highest BCUT2D eigenvalue weighted by Crippen LogP contribution is 2.15. The van der Waals surface area contributed by atoms with Gasteiger partial charge in [-0.2, -0.15) is 0 Å². The molecule has 0 radical (unpaired) electrons. The van der Waals surface area contributed by atoms with Gasteiger partial charge >= 0.3 is 0 Å². The van der Waals surface area contributed by atoms with Crippen LogP contribution in [0.25, 0.3) is 6.08 Å². The van der Waals surface area contributed by atoms with Gasteiger partial charge in [-0.3, -0.25) is 14.5 Å². The van der Waals surface area contributed by atoms with Crippen LogP contribution in [-0.4, -0.2) is 35.7 Å². The first kappa shape index (κ1) is 28.0. The van der Waals surface area contributed by atoms with Crippen LogP contribution in [0.5, 0.6) is 0 Å². The molecule has 0 aliphatic rings. The summed E-state index contributed by atoms with van der Waals surface area (Å²) in [5.41, 5.74) is 15.2. The summed E-state index contributed by atoms with van der Waals surface area (Å²) in [7, 11) is 0. The summed E-state index contributed by atoms with van der Waals surface area (Å²) in [5.74, 6) is 5.63. The first-order valence-electron chi connectivity index (χ1n) is 12.5. The fraction of sp³-hybridized carbons (Fsp3) is 0.400. The van der Waals surface area contributed by atoms with Crippen molar-refractivity contribution in [2.45, 2.75) is 59.0 Å². The first-order chi connectivity index (χ1) is 16.8. The summed E-state index contributed by atoms with van der Waals surface area (Å²) < 4.78 is 0. The Labute approximate surface area is 210 Å². The predicted octanol–water partition coefficient (Wildman–Crippen LogP) is 4.79. The molecule has 0 aromatic heterocycles. The lowest BCUT2D eigenvalue weighted by molar-refractivity contribution is -0.122. The van der Waals surface area contributed by atoms with Crippen LogP contribution in [-0.2, 0) is 11.3 Å². The van der Waals surface area contributed by atoms with Gasteiger partial charge in [0, 0.05) is 30.1 Å². The number of hydrogen-bond acceptors (Lipinski definition) is 4. The van der Waals surface area contributed by atoms with Gasteiger partial charge in [0.05, 0.1) is 5.92 Å². The second kappa shape index (κ2) is 14.9. The lowest BCUT2D eigenvalue weighted by Gasteiger charge is -2.17. The Balaban J connectivity index is 1.81. The minimum Gasteiger partial charge on any atom is -0.369 e. The number of allylic oxidation sites excluding steroid dienone is 1. The average Bonchev–Trinajstić information content (AvgIpc) is 2.85. The molecule has 2 rings (SSSR count). The van der Waals surface area contributed by atoms with E-state index in [1.165, 1.54) is 5.56 Å². The van der Waals surface area contributed by atoms with E-state index in [0.717, 1.165) is 37.2 Å². The highest BCUT2D eigenvalue weighted by molar-refractivity contribution is 5.96. The van der Waals surface area contributed by atoms with Crippen molar-refractivity contribution in [2.24, 2.45) is 17.4 Å². The molecule has 2 aromatic rings. The molecule has 0 fully saturated rings. The van der Waals surface area contributed by atoms with Gasteiger partial charge in [0.1, 0.15) is 0 Å². The molecule has 0 bridgehead atoms. The molecule has 35 heavy (non-hydrogen) atoms. The van der Waals surface area contributed by atoms with E-state index in [9.17, 15) is 9.59 Å². The van der Waals surface area contributed by atoms with Crippen LogP contribution in [0.3, 0.4) is 0 Å². The van der Waals surface area contributed by atoms with Crippen molar-refractivity contribution in [1.82, 2.24) is 4.90 Å². The van der Waals surface area contributed by atoms with Gasteiger partial charge in [-0.1, -0.05) is 68.5 Å². The number of carbonyl (C=O) groups excluding carboxylic acids is 2. The van der Waals surface area contributed by atoms with Crippen LogP contribution < -0.4 is 11.5 Å². The maximum Gasteiger partial charge on any atom is 0.222 e. The van der Waals surface area contributed by atoms with Crippen LogP contribution in [0.1, 0.15) is 73.5 Å². The van der Waals surface area contributed by atoms with E-state index in [1.54, 1.807) is 6.92 Å². The van der Waals surface area contributed by atoms with Crippen LogP contribution in [0.2, 0.25) is 0 Å². The minimum absolute atomic E-state index is 0.0983. The van der Waals surface area contributed by atoms with Crippen LogP contribution >= 0.6 is 0 Å². The standard InChI is InChI=1S/C30H39N3O2/c1-4-33(5-2)22-26-16-14-24(15-17-26)10-6-7-11-25-18-20-27(21-19-25)29(34)13-9-8-12-28(23(3)31)30(32)35/h7,11,14-21,23,28H,4-5,8-9,12-13,22,31H2,1-3H3,(H2,32,35)/b11-7+/t23-,28+/m1/s1. The Bertz CT molecular complexity index is 1020. The van der Waals surface area contributed by atoms with E-state index < -0.39 is 0 Å². The summed E-state index contributed by atoms with van der Waals surface area (Å²) in [6.07, 6.45) is 6.29. The second-order valence-corrected chi connectivity index (χ2v) is 8.92. The Morgan fingerprint density at radius 1 is 1.00 bits per heavy atom. The highest BCUT2D eigenvalue weighted by Gasteiger charge is 2.19. The van der Waals surface area contributed by atoms with E-state index in [2.05, 4.69) is 54.9 Å². The summed E-state index contributed by atoms with van der Waals surface area (Å²) in [6.45, 7) is 9.19. The number of nitrogens with two attached hydrogens (primary N) is 2. The van der Waals surface area contributed by atoms with E-state index >= 15 is 0 Å². The zero-order chi connectivity index (χ0) is 25.6. The maximum atomic E-state index is 12.4. The SMILES string of the molecule is CCN(CC)Cc1ccc(C#C/C=C/c2ccc(C(=O)CCCC[C@H](C(N)=O)[C@@H](C)N)cc2)cc1. The number of nitrogens with zero attached hydrogens (tertiary/aromatic N) is 1. The Morgan fingerprint density at radius 3 is 2.23 bits per heavy atom. The van der Waals surface area contributed by atoms with Gasteiger partial charge in [0.15, 0.2) is 5.78 Å². The number of rotatable bonds is 13. The summed E-state index contributed by atoms with van der Waals surface area (Å²) >= 11 is 0. The number of primary amides is 1. The van der Waals surface area contributed by atoms with Crippen molar-refractivity contribution in [3.05, 3.63) is 76.9 Å². The smallest absolute Gasteiger partial charge is 0.222 e. The van der Waals surface area contributed by atoms with Crippen molar-refractivity contribution in [1.29, 1.82) is 0 Å². The summed E-state index contributed by atoms with van der Waals surface area (Å²) in [5, 5.41) is 0. The molecule has 5 heteroatoms. The third kappa shape index (κ3) is 9.90. The number of benzene rings is 2. The quantitative estimate of drug-likeness (QED) is 0.249. The molecule has 1 amide bonds. The number of amides is 1. The van der Waals surface area contributed by atoms with Crippen LogP contribution in [0.4, 0.5) is 0 Å². The van der Waals surface area contributed by atoms with E-state index in [0.29, 0.717) is 24.8 Å². The Hall–Kier alpha value is -3.20.